The first-order valence-electron chi connectivity index (χ1n) is 6.65. The molecular formula is C15H8Cl2F4N2O2S. The number of ether oxygens (including phenoxy) is 1. The Morgan fingerprint density at radius 2 is 1.65 bits per heavy atom. The number of carbonyl (C=O) groups excluding carboxylic acids is 1. The van der Waals surface area contributed by atoms with Crippen molar-refractivity contribution in [2.75, 3.05) is 12.4 Å². The predicted molar refractivity (Wildman–Crippen MR) is 93.0 cm³/mol. The second kappa shape index (κ2) is 8.07. The SMILES string of the molecule is COc1c(F)c(F)c(C(=O)NC(=S)Nc2cccc(Cl)c2Cl)c(F)c1F. The molecule has 1 amide bonds. The molecular weight excluding hydrogens is 419 g/mol. The van der Waals surface area contributed by atoms with E-state index in [4.69, 9.17) is 35.4 Å². The van der Waals surface area contributed by atoms with Gasteiger partial charge in [-0.15, -0.1) is 0 Å². The quantitative estimate of drug-likeness (QED) is 0.424. The van der Waals surface area contributed by atoms with Gasteiger partial charge in [0.2, 0.25) is 11.6 Å². The van der Waals surface area contributed by atoms with E-state index in [-0.39, 0.29) is 15.7 Å². The van der Waals surface area contributed by atoms with Crippen molar-refractivity contribution in [1.82, 2.24) is 5.32 Å². The molecule has 2 N–H and O–H groups in total. The molecule has 0 fully saturated rings. The first kappa shape index (κ1) is 20.2. The number of carbonyl (C=O) groups is 1. The van der Waals surface area contributed by atoms with E-state index in [1.54, 1.807) is 0 Å². The van der Waals surface area contributed by atoms with Gasteiger partial charge in [-0.05, 0) is 24.4 Å². The van der Waals surface area contributed by atoms with Crippen molar-refractivity contribution in [1.29, 1.82) is 0 Å². The smallest absolute Gasteiger partial charge is 0.263 e. The van der Waals surface area contributed by atoms with Crippen LogP contribution >= 0.6 is 35.4 Å². The molecule has 0 bridgehead atoms. The van der Waals surface area contributed by atoms with E-state index < -0.39 is 45.6 Å². The number of nitrogens with one attached hydrogen (secondary N) is 2. The topological polar surface area (TPSA) is 50.4 Å². The highest BCUT2D eigenvalue weighted by molar-refractivity contribution is 7.80. The standard InChI is InChI=1S/C15H8Cl2F4N2O2S/c1-25-13-11(20)9(18)7(10(19)12(13)21)14(24)23-15(26)22-6-4-2-3-5(16)8(6)17/h2-4H,1H3,(H2,22,23,24,26). The van der Waals surface area contributed by atoms with Crippen molar-refractivity contribution < 1.29 is 27.1 Å². The highest BCUT2D eigenvalue weighted by Crippen LogP contribution is 2.31. The van der Waals surface area contributed by atoms with E-state index in [9.17, 15) is 22.4 Å². The Hall–Kier alpha value is -2.10. The second-order valence-corrected chi connectivity index (χ2v) is 5.87. The summed E-state index contributed by atoms with van der Waals surface area (Å²) in [4.78, 5) is 12.0. The molecule has 0 spiro atoms. The van der Waals surface area contributed by atoms with Crippen LogP contribution in [0, 0.1) is 23.3 Å². The number of thiocarbonyl (C=S) groups is 1. The molecule has 2 rings (SSSR count). The maximum atomic E-state index is 13.9. The van der Waals surface area contributed by atoms with Crippen molar-refractivity contribution >= 4 is 52.1 Å². The summed E-state index contributed by atoms with van der Waals surface area (Å²) in [6.45, 7) is 0. The van der Waals surface area contributed by atoms with Gasteiger partial charge in [0, 0.05) is 0 Å². The van der Waals surface area contributed by atoms with Gasteiger partial charge in [-0.1, -0.05) is 29.3 Å². The van der Waals surface area contributed by atoms with E-state index >= 15 is 0 Å². The van der Waals surface area contributed by atoms with Gasteiger partial charge in [0.15, 0.2) is 22.5 Å². The molecule has 0 radical (unpaired) electrons. The molecule has 4 nitrogen and oxygen atoms in total. The fourth-order valence-electron chi connectivity index (χ4n) is 1.91. The average molecular weight is 427 g/mol. The van der Waals surface area contributed by atoms with E-state index in [0.29, 0.717) is 0 Å². The van der Waals surface area contributed by atoms with Gasteiger partial charge in [-0.2, -0.15) is 8.78 Å². The Bertz CT molecular complexity index is 883. The third-order valence-electron chi connectivity index (χ3n) is 3.08. The van der Waals surface area contributed by atoms with Crippen LogP contribution in [0.1, 0.15) is 10.4 Å². The maximum Gasteiger partial charge on any atom is 0.263 e. The average Bonchev–Trinajstić information content (AvgIpc) is 2.58. The number of anilines is 1. The summed E-state index contributed by atoms with van der Waals surface area (Å²) in [5.41, 5.74) is -1.31. The van der Waals surface area contributed by atoms with E-state index in [0.717, 1.165) is 7.11 Å². The highest BCUT2D eigenvalue weighted by atomic mass is 35.5. The minimum Gasteiger partial charge on any atom is -0.491 e. The van der Waals surface area contributed by atoms with Crippen LogP contribution in [0.15, 0.2) is 18.2 Å². The van der Waals surface area contributed by atoms with Gasteiger partial charge in [0.25, 0.3) is 5.91 Å². The summed E-state index contributed by atoms with van der Waals surface area (Å²) >= 11 is 16.5. The molecule has 0 aliphatic heterocycles. The van der Waals surface area contributed by atoms with Crippen molar-refractivity contribution in [3.05, 3.63) is 57.1 Å². The number of halogens is 6. The van der Waals surface area contributed by atoms with Crippen molar-refractivity contribution in [3.63, 3.8) is 0 Å². The summed E-state index contributed by atoms with van der Waals surface area (Å²) in [6, 6.07) is 4.47. The Balaban J connectivity index is 2.28. The van der Waals surface area contributed by atoms with Gasteiger partial charge >= 0.3 is 0 Å². The Morgan fingerprint density at radius 3 is 2.19 bits per heavy atom. The van der Waals surface area contributed by atoms with Crippen LogP contribution < -0.4 is 15.4 Å². The number of hydrogen-bond donors (Lipinski definition) is 2. The maximum absolute atomic E-state index is 13.9. The van der Waals surface area contributed by atoms with E-state index in [1.807, 2.05) is 5.32 Å². The molecule has 11 heteroatoms. The van der Waals surface area contributed by atoms with Crippen LogP contribution in [0.3, 0.4) is 0 Å². The number of rotatable bonds is 3. The molecule has 0 atom stereocenters. The summed E-state index contributed by atoms with van der Waals surface area (Å²) < 4.78 is 59.4. The Labute approximate surface area is 160 Å². The summed E-state index contributed by atoms with van der Waals surface area (Å²) in [7, 11) is 0.813. The van der Waals surface area contributed by atoms with Crippen LogP contribution in [0.4, 0.5) is 23.2 Å². The summed E-state index contributed by atoms with van der Waals surface area (Å²) in [5.74, 6) is -10.4. The van der Waals surface area contributed by atoms with Gasteiger partial charge in [0.1, 0.15) is 5.56 Å². The number of methoxy groups -OCH3 is 1. The van der Waals surface area contributed by atoms with Gasteiger partial charge in [-0.25, -0.2) is 8.78 Å². The highest BCUT2D eigenvalue weighted by Gasteiger charge is 2.30. The monoisotopic (exact) mass is 426 g/mol. The molecule has 0 aromatic heterocycles. The predicted octanol–water partition coefficient (Wildman–Crippen LogP) is 4.69. The lowest BCUT2D eigenvalue weighted by Crippen LogP contribution is -2.35. The Morgan fingerprint density at radius 1 is 1.08 bits per heavy atom. The molecule has 0 saturated carbocycles. The van der Waals surface area contributed by atoms with Crippen LogP contribution in [-0.2, 0) is 0 Å². The molecule has 0 heterocycles. The number of amides is 1. The molecule has 0 saturated heterocycles. The molecule has 2 aromatic rings. The van der Waals surface area contributed by atoms with Crippen LogP contribution in [0.2, 0.25) is 10.0 Å². The third-order valence-corrected chi connectivity index (χ3v) is 4.10. The van der Waals surface area contributed by atoms with Crippen molar-refractivity contribution in [2.45, 2.75) is 0 Å². The molecule has 138 valence electrons. The van der Waals surface area contributed by atoms with Gasteiger partial charge in [0.05, 0.1) is 22.8 Å². The zero-order valence-corrected chi connectivity index (χ0v) is 15.1. The minimum atomic E-state index is -1.93. The third kappa shape index (κ3) is 3.84. The van der Waals surface area contributed by atoms with Crippen LogP contribution in [0.25, 0.3) is 0 Å². The molecule has 0 aliphatic rings. The number of hydrogen-bond acceptors (Lipinski definition) is 3. The first-order chi connectivity index (χ1) is 12.2. The first-order valence-corrected chi connectivity index (χ1v) is 7.81. The number of benzene rings is 2. The summed E-state index contributed by atoms with van der Waals surface area (Å²) in [6.07, 6.45) is 0. The molecule has 0 unspecified atom stereocenters. The Kier molecular flexibility index (Phi) is 6.27. The van der Waals surface area contributed by atoms with Crippen LogP contribution in [0.5, 0.6) is 5.75 Å². The lowest BCUT2D eigenvalue weighted by atomic mass is 10.1. The van der Waals surface area contributed by atoms with Gasteiger partial charge < -0.3 is 10.1 Å². The largest absolute Gasteiger partial charge is 0.491 e. The second-order valence-electron chi connectivity index (χ2n) is 4.67. The summed E-state index contributed by atoms with van der Waals surface area (Å²) in [5, 5.41) is 4.18. The molecule has 26 heavy (non-hydrogen) atoms. The molecule has 2 aromatic carbocycles. The van der Waals surface area contributed by atoms with Crippen molar-refractivity contribution in [2.24, 2.45) is 0 Å². The van der Waals surface area contributed by atoms with E-state index in [1.165, 1.54) is 18.2 Å². The molecule has 0 aliphatic carbocycles. The normalized spacial score (nSPS) is 10.4. The van der Waals surface area contributed by atoms with Gasteiger partial charge in [-0.3, -0.25) is 10.1 Å². The minimum absolute atomic E-state index is 0.0738. The lowest BCUT2D eigenvalue weighted by Gasteiger charge is -2.13. The van der Waals surface area contributed by atoms with Crippen molar-refractivity contribution in [3.8, 4) is 5.75 Å². The zero-order valence-electron chi connectivity index (χ0n) is 12.7. The fraction of sp³-hybridized carbons (Fsp3) is 0.0667. The van der Waals surface area contributed by atoms with Crippen LogP contribution in [-0.4, -0.2) is 18.1 Å². The lowest BCUT2D eigenvalue weighted by molar-refractivity contribution is 0.0966. The fourth-order valence-corrected chi connectivity index (χ4v) is 2.46. The van der Waals surface area contributed by atoms with E-state index in [2.05, 4.69) is 10.1 Å². The zero-order chi connectivity index (χ0) is 19.6.